The van der Waals surface area contributed by atoms with Crippen molar-refractivity contribution in [1.82, 2.24) is 10.2 Å². The van der Waals surface area contributed by atoms with E-state index in [1.807, 2.05) is 30.3 Å². The van der Waals surface area contributed by atoms with Crippen LogP contribution in [0.25, 0.3) is 10.6 Å². The summed E-state index contributed by atoms with van der Waals surface area (Å²) < 4.78 is 4.80. The summed E-state index contributed by atoms with van der Waals surface area (Å²) in [5.41, 5.74) is 1.02. The molecule has 1 aromatic heterocycles. The Morgan fingerprint density at radius 2 is 2.06 bits per heavy atom. The fraction of sp³-hybridized carbons (Fsp3) is 0.182. The summed E-state index contributed by atoms with van der Waals surface area (Å²) >= 11 is 1.43. The van der Waals surface area contributed by atoms with Gasteiger partial charge in [-0.15, -0.1) is 10.2 Å². The number of ether oxygens (including phenoxy) is 1. The van der Waals surface area contributed by atoms with E-state index in [0.717, 1.165) is 10.6 Å². The highest BCUT2D eigenvalue weighted by atomic mass is 32.1. The van der Waals surface area contributed by atoms with E-state index in [-0.39, 0.29) is 6.10 Å². The molecule has 1 atom stereocenters. The lowest BCUT2D eigenvalue weighted by atomic mass is 10.2. The third-order valence-corrected chi connectivity index (χ3v) is 3.20. The quantitative estimate of drug-likeness (QED) is 0.762. The number of benzene rings is 1. The molecular weight excluding hydrogens is 224 g/mol. The smallest absolute Gasteiger partial charge is 0.293 e. The molecule has 2 aromatic rings. The van der Waals surface area contributed by atoms with E-state index in [4.69, 9.17) is 4.74 Å². The molecule has 1 aromatic carbocycles. The van der Waals surface area contributed by atoms with E-state index in [9.17, 15) is 4.79 Å². The van der Waals surface area contributed by atoms with Crippen molar-refractivity contribution in [3.05, 3.63) is 35.3 Å². The second kappa shape index (κ2) is 4.85. The maximum Gasteiger partial charge on any atom is 0.293 e. The summed E-state index contributed by atoms with van der Waals surface area (Å²) in [4.78, 5) is 10.2. The lowest BCUT2D eigenvalue weighted by molar-refractivity contribution is -0.133. The van der Waals surface area contributed by atoms with Gasteiger partial charge in [0.1, 0.15) is 5.01 Å². The Labute approximate surface area is 96.9 Å². The first-order valence-electron chi connectivity index (χ1n) is 4.79. The largest absolute Gasteiger partial charge is 0.457 e. The Morgan fingerprint density at radius 1 is 1.31 bits per heavy atom. The molecule has 0 radical (unpaired) electrons. The molecule has 5 heteroatoms. The molecule has 0 saturated carbocycles. The molecule has 1 heterocycles. The first-order valence-corrected chi connectivity index (χ1v) is 5.61. The highest BCUT2D eigenvalue weighted by Crippen LogP contribution is 2.27. The molecule has 0 amide bonds. The summed E-state index contributed by atoms with van der Waals surface area (Å²) in [7, 11) is 0. The summed E-state index contributed by atoms with van der Waals surface area (Å²) in [5.74, 6) is 0. The molecule has 0 fully saturated rings. The zero-order valence-corrected chi connectivity index (χ0v) is 9.48. The van der Waals surface area contributed by atoms with Crippen molar-refractivity contribution < 1.29 is 9.53 Å². The minimum atomic E-state index is -0.340. The van der Waals surface area contributed by atoms with Crippen LogP contribution in [0.4, 0.5) is 0 Å². The van der Waals surface area contributed by atoms with E-state index in [2.05, 4.69) is 10.2 Å². The molecule has 0 bridgehead atoms. The predicted molar refractivity (Wildman–Crippen MR) is 60.9 cm³/mol. The van der Waals surface area contributed by atoms with Crippen LogP contribution in [0.2, 0.25) is 0 Å². The summed E-state index contributed by atoms with van der Waals surface area (Å²) in [5, 5.41) is 9.59. The van der Waals surface area contributed by atoms with Crippen molar-refractivity contribution in [2.24, 2.45) is 0 Å². The standard InChI is InChI=1S/C11H10N2O2S/c1-8(15-7-14)10-12-13-11(16-10)9-5-3-2-4-6-9/h2-8H,1H3. The Morgan fingerprint density at radius 3 is 2.75 bits per heavy atom. The van der Waals surface area contributed by atoms with Gasteiger partial charge in [-0.05, 0) is 6.92 Å². The minimum absolute atomic E-state index is 0.340. The highest BCUT2D eigenvalue weighted by Gasteiger charge is 2.13. The Kier molecular flexibility index (Phi) is 3.26. The van der Waals surface area contributed by atoms with Crippen LogP contribution in [0.15, 0.2) is 30.3 Å². The molecule has 0 N–H and O–H groups in total. The van der Waals surface area contributed by atoms with Crippen LogP contribution in [-0.2, 0) is 9.53 Å². The van der Waals surface area contributed by atoms with Crippen LogP contribution in [0.3, 0.4) is 0 Å². The van der Waals surface area contributed by atoms with Gasteiger partial charge in [0, 0.05) is 5.56 Å². The normalized spacial score (nSPS) is 12.1. The summed E-state index contributed by atoms with van der Waals surface area (Å²) in [6.45, 7) is 2.19. The maximum absolute atomic E-state index is 10.2. The summed E-state index contributed by atoms with van der Waals surface area (Å²) in [6, 6.07) is 9.78. The molecule has 0 spiro atoms. The number of hydrogen-bond acceptors (Lipinski definition) is 5. The number of hydrogen-bond donors (Lipinski definition) is 0. The molecule has 16 heavy (non-hydrogen) atoms. The number of carbonyl (C=O) groups is 1. The van der Waals surface area contributed by atoms with Gasteiger partial charge in [0.15, 0.2) is 11.1 Å². The van der Waals surface area contributed by atoms with Gasteiger partial charge in [0.25, 0.3) is 6.47 Å². The van der Waals surface area contributed by atoms with Crippen molar-refractivity contribution in [3.8, 4) is 10.6 Å². The molecule has 0 aliphatic rings. The number of aromatic nitrogens is 2. The monoisotopic (exact) mass is 234 g/mol. The second-order valence-corrected chi connectivity index (χ2v) is 4.20. The van der Waals surface area contributed by atoms with Gasteiger partial charge in [-0.25, -0.2) is 0 Å². The topological polar surface area (TPSA) is 52.1 Å². The van der Waals surface area contributed by atoms with Crippen LogP contribution in [0.1, 0.15) is 18.0 Å². The van der Waals surface area contributed by atoms with Gasteiger partial charge in [-0.2, -0.15) is 0 Å². The van der Waals surface area contributed by atoms with E-state index in [0.29, 0.717) is 11.5 Å². The molecule has 82 valence electrons. The van der Waals surface area contributed by atoms with Crippen LogP contribution < -0.4 is 0 Å². The Bertz CT molecular complexity index is 470. The van der Waals surface area contributed by atoms with Crippen molar-refractivity contribution in [2.75, 3.05) is 0 Å². The molecule has 0 aliphatic heterocycles. The van der Waals surface area contributed by atoms with E-state index in [1.165, 1.54) is 11.3 Å². The first-order chi connectivity index (χ1) is 7.81. The fourth-order valence-corrected chi connectivity index (χ4v) is 2.07. The van der Waals surface area contributed by atoms with Crippen molar-refractivity contribution in [1.29, 1.82) is 0 Å². The number of rotatable bonds is 4. The number of carbonyl (C=O) groups excluding carboxylic acids is 1. The SMILES string of the molecule is CC(OC=O)c1nnc(-c2ccccc2)s1. The van der Waals surface area contributed by atoms with Crippen LogP contribution in [-0.4, -0.2) is 16.7 Å². The Hall–Kier alpha value is -1.75. The van der Waals surface area contributed by atoms with Gasteiger partial charge >= 0.3 is 0 Å². The average molecular weight is 234 g/mol. The molecule has 1 unspecified atom stereocenters. The fourth-order valence-electron chi connectivity index (χ4n) is 1.24. The van der Waals surface area contributed by atoms with Crippen molar-refractivity contribution >= 4 is 17.8 Å². The van der Waals surface area contributed by atoms with Gasteiger partial charge in [0.2, 0.25) is 0 Å². The van der Waals surface area contributed by atoms with Crippen molar-refractivity contribution in [3.63, 3.8) is 0 Å². The maximum atomic E-state index is 10.2. The number of nitrogens with zero attached hydrogens (tertiary/aromatic N) is 2. The predicted octanol–water partition coefficient (Wildman–Crippen LogP) is 2.44. The van der Waals surface area contributed by atoms with Crippen LogP contribution in [0.5, 0.6) is 0 Å². The van der Waals surface area contributed by atoms with Crippen LogP contribution >= 0.6 is 11.3 Å². The Balaban J connectivity index is 2.23. The van der Waals surface area contributed by atoms with E-state index < -0.39 is 0 Å². The molecule has 0 saturated heterocycles. The third kappa shape index (κ3) is 2.25. The van der Waals surface area contributed by atoms with E-state index >= 15 is 0 Å². The molecular formula is C11H10N2O2S. The van der Waals surface area contributed by atoms with E-state index in [1.54, 1.807) is 6.92 Å². The van der Waals surface area contributed by atoms with Crippen LogP contribution in [0, 0.1) is 0 Å². The van der Waals surface area contributed by atoms with Gasteiger partial charge in [0.05, 0.1) is 0 Å². The van der Waals surface area contributed by atoms with Gasteiger partial charge in [-0.3, -0.25) is 4.79 Å². The van der Waals surface area contributed by atoms with Gasteiger partial charge < -0.3 is 4.74 Å². The van der Waals surface area contributed by atoms with Crippen molar-refractivity contribution in [2.45, 2.75) is 13.0 Å². The zero-order chi connectivity index (χ0) is 11.4. The highest BCUT2D eigenvalue weighted by molar-refractivity contribution is 7.14. The minimum Gasteiger partial charge on any atom is -0.457 e. The first kappa shape index (κ1) is 10.8. The third-order valence-electron chi connectivity index (χ3n) is 2.07. The zero-order valence-electron chi connectivity index (χ0n) is 8.66. The molecule has 4 nitrogen and oxygen atoms in total. The lowest BCUT2D eigenvalue weighted by Gasteiger charge is -2.02. The molecule has 2 rings (SSSR count). The summed E-state index contributed by atoms with van der Waals surface area (Å²) in [6.07, 6.45) is -0.340. The van der Waals surface area contributed by atoms with Gasteiger partial charge in [-0.1, -0.05) is 41.7 Å². The lowest BCUT2D eigenvalue weighted by Crippen LogP contribution is -1.96. The second-order valence-electron chi connectivity index (χ2n) is 3.19. The average Bonchev–Trinajstić information content (AvgIpc) is 2.80. The molecule has 0 aliphatic carbocycles.